The summed E-state index contributed by atoms with van der Waals surface area (Å²) < 4.78 is 259. The Morgan fingerprint density at radius 1 is 0.382 bits per heavy atom. The molecule has 0 radical (unpaired) electrons. The van der Waals surface area contributed by atoms with Gasteiger partial charge in [0.05, 0.1) is 50.1 Å². The molecule has 0 unspecified atom stereocenters. The second-order valence-corrected chi connectivity index (χ2v) is 14.5. The number of esters is 3. The summed E-state index contributed by atoms with van der Waals surface area (Å²) in [5, 5.41) is 0. The topological polar surface area (TPSA) is 78.9 Å². The van der Waals surface area contributed by atoms with Crippen molar-refractivity contribution in [2.75, 3.05) is 0 Å². The van der Waals surface area contributed by atoms with Gasteiger partial charge in [0.1, 0.15) is 17.2 Å². The highest BCUT2D eigenvalue weighted by atomic mass is 19.4. The van der Waals surface area contributed by atoms with Crippen LogP contribution >= 0.6 is 0 Å². The molecule has 0 bridgehead atoms. The molecular formula is C44H24F18O6. The summed E-state index contributed by atoms with van der Waals surface area (Å²) in [6.45, 7) is 2.60. The molecule has 0 saturated heterocycles. The average Bonchev–Trinajstić information content (AvgIpc) is 3.20. The first-order valence-electron chi connectivity index (χ1n) is 18.5. The van der Waals surface area contributed by atoms with Crippen LogP contribution in [0.5, 0.6) is 17.2 Å². The number of carbonyl (C=O) groups is 3. The van der Waals surface area contributed by atoms with Crippen LogP contribution in [0.15, 0.2) is 91.0 Å². The van der Waals surface area contributed by atoms with Crippen LogP contribution in [0.1, 0.15) is 101 Å². The van der Waals surface area contributed by atoms with E-state index in [2.05, 4.69) is 0 Å². The summed E-state index contributed by atoms with van der Waals surface area (Å²) >= 11 is 0. The van der Waals surface area contributed by atoms with Crippen LogP contribution < -0.4 is 14.2 Å². The van der Waals surface area contributed by atoms with E-state index in [0.717, 1.165) is 42.5 Å². The quantitative estimate of drug-likeness (QED) is 0.0634. The zero-order valence-electron chi connectivity index (χ0n) is 33.6. The van der Waals surface area contributed by atoms with Crippen molar-refractivity contribution in [1.29, 1.82) is 0 Å². The van der Waals surface area contributed by atoms with E-state index in [1.54, 1.807) is 0 Å². The normalized spacial score (nSPS) is 13.0. The second-order valence-electron chi connectivity index (χ2n) is 14.5. The largest absolute Gasteiger partial charge is 0.423 e. The van der Waals surface area contributed by atoms with Crippen molar-refractivity contribution >= 4 is 30.1 Å². The van der Waals surface area contributed by atoms with E-state index >= 15 is 0 Å². The third-order valence-corrected chi connectivity index (χ3v) is 9.14. The highest BCUT2D eigenvalue weighted by molar-refractivity contribution is 5.94. The smallest absolute Gasteiger partial charge is 0.416 e. The van der Waals surface area contributed by atoms with E-state index in [9.17, 15) is 93.4 Å². The lowest BCUT2D eigenvalue weighted by atomic mass is 9.98. The molecule has 0 aliphatic heterocycles. The molecule has 0 heterocycles. The van der Waals surface area contributed by atoms with Crippen molar-refractivity contribution in [1.82, 2.24) is 0 Å². The number of ether oxygens (including phenoxy) is 3. The Morgan fingerprint density at radius 2 is 0.647 bits per heavy atom. The summed E-state index contributed by atoms with van der Waals surface area (Å²) in [5.41, 5.74) is -15.6. The number of rotatable bonds is 9. The number of hydrogen-bond acceptors (Lipinski definition) is 6. The molecule has 0 fully saturated rings. The number of benzene rings is 5. The van der Waals surface area contributed by atoms with Crippen molar-refractivity contribution < 1.29 is 108 Å². The monoisotopic (exact) mass is 990 g/mol. The predicted octanol–water partition coefficient (Wildman–Crippen LogP) is 14.8. The first-order chi connectivity index (χ1) is 31.0. The van der Waals surface area contributed by atoms with Gasteiger partial charge in [-0.05, 0) is 95.9 Å². The molecule has 6 nitrogen and oxygen atoms in total. The molecule has 5 rings (SSSR count). The standard InChI is InChI=1S/C44H24F18O6/c1-20(2)35-33(67-37(64)24-13-28(41(51,52)53)18-29(14-24)42(54,55)56)9-22(10-34(35)68-38(65)25-15-30(43(57,58)59)19-31(16-25)44(60,61)62)4-3-21-5-7-32(8-6-21)66-36(63)23-11-26(39(45,46)47)17-27(12-23)40(48,49)50/h3-20H,1-2H3/b4-3+. The fraction of sp³-hybridized carbons (Fsp3) is 0.205. The fourth-order valence-electron chi connectivity index (χ4n) is 6.00. The van der Waals surface area contributed by atoms with Gasteiger partial charge < -0.3 is 14.2 Å². The molecule has 68 heavy (non-hydrogen) atoms. The first-order valence-corrected chi connectivity index (χ1v) is 18.5. The van der Waals surface area contributed by atoms with Crippen LogP contribution in [0.4, 0.5) is 79.0 Å². The summed E-state index contributed by atoms with van der Waals surface area (Å²) in [7, 11) is 0. The van der Waals surface area contributed by atoms with Crippen LogP contribution in [0.25, 0.3) is 12.2 Å². The van der Waals surface area contributed by atoms with Gasteiger partial charge in [0.15, 0.2) is 0 Å². The Kier molecular flexibility index (Phi) is 14.2. The van der Waals surface area contributed by atoms with Gasteiger partial charge in [-0.2, -0.15) is 79.0 Å². The number of carbonyl (C=O) groups excluding carboxylic acids is 3. The molecule has 5 aromatic rings. The number of halogens is 18. The molecule has 0 amide bonds. The van der Waals surface area contributed by atoms with Crippen molar-refractivity contribution in [2.45, 2.75) is 56.8 Å². The van der Waals surface area contributed by atoms with E-state index in [4.69, 9.17) is 14.2 Å². The third kappa shape index (κ3) is 12.9. The maximum Gasteiger partial charge on any atom is 0.416 e. The Morgan fingerprint density at radius 3 is 0.912 bits per heavy atom. The van der Waals surface area contributed by atoms with E-state index in [1.165, 1.54) is 19.9 Å². The first kappa shape index (κ1) is 52.0. The highest BCUT2D eigenvalue weighted by Crippen LogP contribution is 2.42. The lowest BCUT2D eigenvalue weighted by molar-refractivity contribution is -0.144. The third-order valence-electron chi connectivity index (χ3n) is 9.14. The van der Waals surface area contributed by atoms with Crippen LogP contribution in [0.3, 0.4) is 0 Å². The molecule has 0 aliphatic rings. The zero-order valence-corrected chi connectivity index (χ0v) is 33.6. The predicted molar refractivity (Wildman–Crippen MR) is 200 cm³/mol. The lowest BCUT2D eigenvalue weighted by Crippen LogP contribution is -2.18. The van der Waals surface area contributed by atoms with Crippen molar-refractivity contribution in [2.24, 2.45) is 0 Å². The summed E-state index contributed by atoms with van der Waals surface area (Å²) in [5.74, 6) is -8.32. The molecule has 362 valence electrons. The van der Waals surface area contributed by atoms with Crippen molar-refractivity contribution in [3.63, 3.8) is 0 Å². The summed E-state index contributed by atoms with van der Waals surface area (Å²) in [4.78, 5) is 39.3. The minimum atomic E-state index is -5.43. The van der Waals surface area contributed by atoms with Gasteiger partial charge in [-0.25, -0.2) is 14.4 Å². The van der Waals surface area contributed by atoms with Gasteiger partial charge in [-0.3, -0.25) is 0 Å². The SMILES string of the molecule is CC(C)c1c(OC(=O)c2cc(C(F)(F)F)cc(C(F)(F)F)c2)cc(/C=C/c2ccc(OC(=O)c3cc(C(F)(F)F)cc(C(F)(F)F)c3)cc2)cc1OC(=O)c1cc(C(F)(F)F)cc(C(F)(F)F)c1. The molecule has 0 saturated carbocycles. The van der Waals surface area contributed by atoms with Gasteiger partial charge in [0.2, 0.25) is 0 Å². The van der Waals surface area contributed by atoms with Crippen LogP contribution in [0, 0.1) is 0 Å². The summed E-state index contributed by atoms with van der Waals surface area (Å²) in [6, 6.07) is 5.65. The molecule has 24 heteroatoms. The van der Waals surface area contributed by atoms with Gasteiger partial charge in [-0.1, -0.05) is 38.1 Å². The summed E-state index contributed by atoms with van der Waals surface area (Å²) in [6.07, 6.45) is -30.0. The molecule has 0 aromatic heterocycles. The van der Waals surface area contributed by atoms with E-state index in [1.807, 2.05) is 0 Å². The van der Waals surface area contributed by atoms with E-state index in [-0.39, 0.29) is 65.7 Å². The van der Waals surface area contributed by atoms with Crippen LogP contribution in [-0.2, 0) is 37.1 Å². The number of alkyl halides is 18. The Balaban J connectivity index is 1.57. The second kappa shape index (κ2) is 18.6. The van der Waals surface area contributed by atoms with Gasteiger partial charge in [0, 0.05) is 5.56 Å². The van der Waals surface area contributed by atoms with Gasteiger partial charge in [0.25, 0.3) is 0 Å². The van der Waals surface area contributed by atoms with E-state index in [0.29, 0.717) is 0 Å². The van der Waals surface area contributed by atoms with Crippen LogP contribution in [0.2, 0.25) is 0 Å². The average molecular weight is 991 g/mol. The molecular weight excluding hydrogens is 966 g/mol. The molecule has 0 atom stereocenters. The van der Waals surface area contributed by atoms with E-state index < -0.39 is 134 Å². The highest BCUT2D eigenvalue weighted by Gasteiger charge is 2.41. The Labute approximate surface area is 369 Å². The van der Waals surface area contributed by atoms with Gasteiger partial charge >= 0.3 is 55.0 Å². The minimum absolute atomic E-state index is 0.0174. The number of hydrogen-bond donors (Lipinski definition) is 0. The molecule has 0 aliphatic carbocycles. The zero-order chi connectivity index (χ0) is 51.1. The van der Waals surface area contributed by atoms with Crippen molar-refractivity contribution in [3.05, 3.63) is 158 Å². The lowest BCUT2D eigenvalue weighted by Gasteiger charge is -2.20. The Bertz CT molecular complexity index is 2550. The molecule has 5 aromatic carbocycles. The van der Waals surface area contributed by atoms with Gasteiger partial charge in [-0.15, -0.1) is 0 Å². The Hall–Kier alpha value is -7.01. The maximum atomic E-state index is 13.6. The molecule has 0 N–H and O–H groups in total. The fourth-order valence-corrected chi connectivity index (χ4v) is 6.00. The molecule has 0 spiro atoms. The maximum absolute atomic E-state index is 13.6. The van der Waals surface area contributed by atoms with Crippen LogP contribution in [-0.4, -0.2) is 17.9 Å². The van der Waals surface area contributed by atoms with Crippen molar-refractivity contribution in [3.8, 4) is 17.2 Å². The minimum Gasteiger partial charge on any atom is -0.423 e.